The van der Waals surface area contributed by atoms with Gasteiger partial charge >= 0.3 is 0 Å². The van der Waals surface area contributed by atoms with Crippen molar-refractivity contribution in [3.63, 3.8) is 0 Å². The van der Waals surface area contributed by atoms with E-state index in [-0.39, 0.29) is 12.1 Å². The van der Waals surface area contributed by atoms with E-state index in [1.165, 1.54) is 16.9 Å². The Bertz CT molecular complexity index is 1140. The summed E-state index contributed by atoms with van der Waals surface area (Å²) in [6.45, 7) is 2.06. The quantitative estimate of drug-likeness (QED) is 0.515. The molecule has 0 spiro atoms. The van der Waals surface area contributed by atoms with Crippen LogP contribution >= 0.6 is 11.3 Å². The highest BCUT2D eigenvalue weighted by Crippen LogP contribution is 2.43. The van der Waals surface area contributed by atoms with Crippen molar-refractivity contribution in [1.82, 2.24) is 4.98 Å². The predicted octanol–water partition coefficient (Wildman–Crippen LogP) is 5.38. The van der Waals surface area contributed by atoms with Crippen LogP contribution in [0.2, 0.25) is 0 Å². The zero-order valence-electron chi connectivity index (χ0n) is 14.7. The van der Waals surface area contributed by atoms with Gasteiger partial charge in [0.15, 0.2) is 0 Å². The van der Waals surface area contributed by atoms with Crippen LogP contribution in [0.1, 0.15) is 27.0 Å². The number of carbonyl (C=O) groups is 1. The fourth-order valence-electron chi connectivity index (χ4n) is 3.49. The Kier molecular flexibility index (Phi) is 3.69. The van der Waals surface area contributed by atoms with E-state index in [1.807, 2.05) is 47.4 Å². The Morgan fingerprint density at radius 2 is 1.78 bits per heavy atom. The number of thiophene rings is 1. The van der Waals surface area contributed by atoms with Gasteiger partial charge in [0.25, 0.3) is 5.91 Å². The molecule has 0 radical (unpaired) electrons. The van der Waals surface area contributed by atoms with Gasteiger partial charge in [-0.1, -0.05) is 48.0 Å². The summed E-state index contributed by atoms with van der Waals surface area (Å²) in [6.07, 6.45) is 1.49. The summed E-state index contributed by atoms with van der Waals surface area (Å²) in [5.41, 5.74) is 3.99. The van der Waals surface area contributed by atoms with Crippen LogP contribution in [0.15, 0.2) is 72.9 Å². The molecular formula is C22H17N3OS. The van der Waals surface area contributed by atoms with E-state index in [0.29, 0.717) is 4.88 Å². The minimum Gasteiger partial charge on any atom is -0.359 e. The number of hydrogen-bond donors (Lipinski definition) is 1. The molecule has 0 saturated carbocycles. The second-order valence-corrected chi connectivity index (χ2v) is 7.63. The molecule has 5 heteroatoms. The largest absolute Gasteiger partial charge is 0.359 e. The van der Waals surface area contributed by atoms with Crippen molar-refractivity contribution >= 4 is 38.8 Å². The number of fused-ring (bicyclic) bond motifs is 3. The maximum absolute atomic E-state index is 13.5. The van der Waals surface area contributed by atoms with Gasteiger partial charge in [0.05, 0.1) is 5.69 Å². The van der Waals surface area contributed by atoms with Gasteiger partial charge in [0.2, 0.25) is 0 Å². The second-order valence-electron chi connectivity index (χ2n) is 6.63. The van der Waals surface area contributed by atoms with E-state index in [4.69, 9.17) is 0 Å². The molecule has 132 valence electrons. The smallest absolute Gasteiger partial charge is 0.272 e. The highest BCUT2D eigenvalue weighted by molar-refractivity contribution is 7.21. The number of aryl methyl sites for hydroxylation is 1. The third-order valence-electron chi connectivity index (χ3n) is 4.85. The predicted molar refractivity (Wildman–Crippen MR) is 110 cm³/mol. The number of carbonyl (C=O) groups excluding carboxylic acids is 1. The van der Waals surface area contributed by atoms with Crippen molar-refractivity contribution < 1.29 is 4.79 Å². The number of para-hydroxylation sites is 1. The molecule has 0 aliphatic carbocycles. The summed E-state index contributed by atoms with van der Waals surface area (Å²) >= 11 is 1.44. The Balaban J connectivity index is 1.71. The average Bonchev–Trinajstić information content (AvgIpc) is 3.08. The second kappa shape index (κ2) is 6.21. The SMILES string of the molecule is Cc1ccc([C@@H]2Nc3c(sc4ncccc34)C(=O)N2c2ccccc2)cc1. The topological polar surface area (TPSA) is 45.2 Å². The standard InChI is InChI=1S/C22H17N3OS/c1-14-9-11-15(12-10-14)20-24-18-17-8-5-13-23-21(17)27-19(18)22(26)25(20)16-6-3-2-4-7-16/h2-13,20,24H,1H3/t20-/m1/s1. The first-order valence-corrected chi connectivity index (χ1v) is 9.63. The molecule has 4 aromatic rings. The van der Waals surface area contributed by atoms with E-state index in [9.17, 15) is 4.79 Å². The van der Waals surface area contributed by atoms with E-state index >= 15 is 0 Å². The van der Waals surface area contributed by atoms with Crippen molar-refractivity contribution in [2.24, 2.45) is 0 Å². The van der Waals surface area contributed by atoms with E-state index in [2.05, 4.69) is 41.5 Å². The highest BCUT2D eigenvalue weighted by Gasteiger charge is 2.36. The molecular weight excluding hydrogens is 354 g/mol. The lowest BCUT2D eigenvalue weighted by Crippen LogP contribution is -2.42. The molecule has 3 heterocycles. The van der Waals surface area contributed by atoms with Gasteiger partial charge in [-0.25, -0.2) is 4.98 Å². The number of nitrogens with one attached hydrogen (secondary N) is 1. The van der Waals surface area contributed by atoms with Crippen molar-refractivity contribution in [2.45, 2.75) is 13.1 Å². The molecule has 1 N–H and O–H groups in total. The summed E-state index contributed by atoms with van der Waals surface area (Å²) < 4.78 is 0. The number of benzene rings is 2. The minimum atomic E-state index is -0.272. The molecule has 0 fully saturated rings. The third-order valence-corrected chi connectivity index (χ3v) is 5.95. The number of nitrogens with zero attached hydrogens (tertiary/aromatic N) is 2. The third kappa shape index (κ3) is 2.59. The first-order valence-electron chi connectivity index (χ1n) is 8.81. The molecule has 0 bridgehead atoms. The van der Waals surface area contributed by atoms with Gasteiger partial charge in [-0.05, 0) is 36.8 Å². The van der Waals surface area contributed by atoms with Crippen LogP contribution in [-0.4, -0.2) is 10.9 Å². The molecule has 1 aliphatic rings. The first kappa shape index (κ1) is 16.0. The summed E-state index contributed by atoms with van der Waals surface area (Å²) in [7, 11) is 0. The van der Waals surface area contributed by atoms with Crippen LogP contribution < -0.4 is 10.2 Å². The molecule has 2 aromatic carbocycles. The fourth-order valence-corrected chi connectivity index (χ4v) is 4.53. The molecule has 5 rings (SSSR count). The number of pyridine rings is 1. The van der Waals surface area contributed by atoms with Gasteiger partial charge in [0, 0.05) is 17.3 Å². The number of amides is 1. The Hall–Kier alpha value is -3.18. The van der Waals surface area contributed by atoms with E-state index in [1.54, 1.807) is 6.20 Å². The molecule has 1 amide bonds. The van der Waals surface area contributed by atoms with E-state index < -0.39 is 0 Å². The lowest BCUT2D eigenvalue weighted by Gasteiger charge is -2.37. The lowest BCUT2D eigenvalue weighted by atomic mass is 10.0. The number of anilines is 2. The molecule has 0 saturated heterocycles. The van der Waals surface area contributed by atoms with Gasteiger partial charge in [0.1, 0.15) is 15.9 Å². The van der Waals surface area contributed by atoms with Crippen molar-refractivity contribution in [1.29, 1.82) is 0 Å². The summed E-state index contributed by atoms with van der Waals surface area (Å²) in [5, 5.41) is 4.61. The summed E-state index contributed by atoms with van der Waals surface area (Å²) in [5.74, 6) is 0.00326. The first-order chi connectivity index (χ1) is 13.2. The lowest BCUT2D eigenvalue weighted by molar-refractivity contribution is 0.0979. The number of rotatable bonds is 2. The van der Waals surface area contributed by atoms with Crippen LogP contribution in [0.25, 0.3) is 10.2 Å². The molecule has 4 nitrogen and oxygen atoms in total. The van der Waals surface area contributed by atoms with Crippen molar-refractivity contribution in [3.8, 4) is 0 Å². The Morgan fingerprint density at radius 3 is 2.56 bits per heavy atom. The normalized spacial score (nSPS) is 16.3. The number of hydrogen-bond acceptors (Lipinski definition) is 4. The van der Waals surface area contributed by atoms with Crippen LogP contribution in [0.3, 0.4) is 0 Å². The zero-order chi connectivity index (χ0) is 18.4. The summed E-state index contributed by atoms with van der Waals surface area (Å²) in [6, 6.07) is 22.0. The molecule has 1 aliphatic heterocycles. The van der Waals surface area contributed by atoms with Crippen LogP contribution in [0.5, 0.6) is 0 Å². The molecule has 2 aromatic heterocycles. The monoisotopic (exact) mass is 371 g/mol. The van der Waals surface area contributed by atoms with Gasteiger partial charge in [-0.3, -0.25) is 9.69 Å². The Labute approximate surface area is 161 Å². The maximum Gasteiger partial charge on any atom is 0.272 e. The molecule has 0 unspecified atom stereocenters. The van der Waals surface area contributed by atoms with Crippen LogP contribution in [0, 0.1) is 6.92 Å². The Morgan fingerprint density at radius 1 is 1.00 bits per heavy atom. The van der Waals surface area contributed by atoms with Gasteiger partial charge in [-0.2, -0.15) is 0 Å². The zero-order valence-corrected chi connectivity index (χ0v) is 15.5. The fraction of sp³-hybridized carbons (Fsp3) is 0.0909. The number of aromatic nitrogens is 1. The maximum atomic E-state index is 13.5. The van der Waals surface area contributed by atoms with Crippen LogP contribution in [0.4, 0.5) is 11.4 Å². The van der Waals surface area contributed by atoms with Crippen molar-refractivity contribution in [3.05, 3.63) is 88.9 Å². The minimum absolute atomic E-state index is 0.00326. The van der Waals surface area contributed by atoms with Crippen LogP contribution in [-0.2, 0) is 0 Å². The van der Waals surface area contributed by atoms with E-state index in [0.717, 1.165) is 27.2 Å². The van der Waals surface area contributed by atoms with Gasteiger partial charge in [-0.15, -0.1) is 11.3 Å². The summed E-state index contributed by atoms with van der Waals surface area (Å²) in [4.78, 5) is 21.4. The van der Waals surface area contributed by atoms with Gasteiger partial charge < -0.3 is 5.32 Å². The average molecular weight is 371 g/mol. The molecule has 1 atom stereocenters. The molecule has 27 heavy (non-hydrogen) atoms. The van der Waals surface area contributed by atoms with Crippen molar-refractivity contribution in [2.75, 3.05) is 10.2 Å². The highest BCUT2D eigenvalue weighted by atomic mass is 32.1.